The molecule has 1 saturated carbocycles. The first kappa shape index (κ1) is 25.8. The van der Waals surface area contributed by atoms with Crippen molar-refractivity contribution in [1.82, 2.24) is 10.2 Å². The first-order chi connectivity index (χ1) is 17.6. The van der Waals surface area contributed by atoms with E-state index in [-0.39, 0.29) is 30.8 Å². The lowest BCUT2D eigenvalue weighted by Crippen LogP contribution is -2.47. The Morgan fingerprint density at radius 3 is 2.53 bits per heavy atom. The van der Waals surface area contributed by atoms with E-state index in [1.54, 1.807) is 30.5 Å². The van der Waals surface area contributed by atoms with E-state index in [2.05, 4.69) is 5.32 Å². The molecule has 3 aromatic rings. The van der Waals surface area contributed by atoms with Crippen molar-refractivity contribution in [2.45, 2.75) is 57.2 Å². The van der Waals surface area contributed by atoms with Crippen LogP contribution in [0.5, 0.6) is 11.5 Å². The average Bonchev–Trinajstić information content (AvgIpc) is 3.42. The lowest BCUT2D eigenvalue weighted by molar-refractivity contribution is -0.141. The number of carbonyl (C=O) groups excluding carboxylic acids is 2. The smallest absolute Gasteiger partial charge is 0.247 e. The molecule has 6 nitrogen and oxygen atoms in total. The molecule has 1 aliphatic rings. The lowest BCUT2D eigenvalue weighted by atomic mass is 9.94. The van der Waals surface area contributed by atoms with E-state index in [0.29, 0.717) is 11.5 Å². The number of amides is 2. The summed E-state index contributed by atoms with van der Waals surface area (Å²) in [7, 11) is 3.22. The topological polar surface area (TPSA) is 67.9 Å². The van der Waals surface area contributed by atoms with Crippen LogP contribution in [0.4, 0.5) is 0 Å². The highest BCUT2D eigenvalue weighted by molar-refractivity contribution is 7.10. The van der Waals surface area contributed by atoms with Gasteiger partial charge in [-0.2, -0.15) is 0 Å². The molecule has 1 N–H and O–H groups in total. The largest absolute Gasteiger partial charge is 0.497 e. The van der Waals surface area contributed by atoms with Crippen LogP contribution in [0.1, 0.15) is 54.1 Å². The van der Waals surface area contributed by atoms with E-state index >= 15 is 0 Å². The van der Waals surface area contributed by atoms with Crippen LogP contribution >= 0.6 is 11.3 Å². The Labute approximate surface area is 217 Å². The molecule has 0 spiro atoms. The van der Waals surface area contributed by atoms with Gasteiger partial charge in [0, 0.05) is 16.5 Å². The molecule has 1 atom stereocenters. The highest BCUT2D eigenvalue weighted by atomic mass is 32.1. The van der Waals surface area contributed by atoms with Crippen LogP contribution < -0.4 is 14.8 Å². The Bertz CT molecular complexity index is 1140. The summed E-state index contributed by atoms with van der Waals surface area (Å²) in [5, 5.41) is 5.22. The van der Waals surface area contributed by atoms with Crippen molar-refractivity contribution in [3.8, 4) is 11.5 Å². The number of carbonyl (C=O) groups is 2. The van der Waals surface area contributed by atoms with Crippen molar-refractivity contribution in [1.29, 1.82) is 0 Å². The number of nitrogens with one attached hydrogen (secondary N) is 1. The summed E-state index contributed by atoms with van der Waals surface area (Å²) in [4.78, 5) is 30.4. The summed E-state index contributed by atoms with van der Waals surface area (Å²) in [6.45, 7) is 0.244. The summed E-state index contributed by atoms with van der Waals surface area (Å²) in [5.74, 6) is 1.05. The van der Waals surface area contributed by atoms with Gasteiger partial charge in [0.25, 0.3) is 0 Å². The Morgan fingerprint density at radius 1 is 1.00 bits per heavy atom. The molecule has 0 saturated heterocycles. The molecule has 1 aliphatic carbocycles. The molecule has 1 heterocycles. The fourth-order valence-electron chi connectivity index (χ4n) is 4.82. The molecule has 1 fully saturated rings. The summed E-state index contributed by atoms with van der Waals surface area (Å²) in [5.41, 5.74) is 1.56. The van der Waals surface area contributed by atoms with Gasteiger partial charge in [-0.25, -0.2) is 0 Å². The molecule has 1 aromatic heterocycles. The SMILES string of the molecule is COc1cccc(C(C(=O)NC2CCCCC2)N(Cc2ccccc2OC)C(=O)Cc2cccs2)c1. The van der Waals surface area contributed by atoms with Gasteiger partial charge in [-0.05, 0) is 48.1 Å². The lowest BCUT2D eigenvalue weighted by Gasteiger charge is -2.34. The molecule has 0 aliphatic heterocycles. The first-order valence-electron chi connectivity index (χ1n) is 12.5. The van der Waals surface area contributed by atoms with Crippen LogP contribution in [0, 0.1) is 0 Å². The third-order valence-corrected chi connectivity index (χ3v) is 7.56. The van der Waals surface area contributed by atoms with Gasteiger partial charge in [0.1, 0.15) is 17.5 Å². The minimum atomic E-state index is -0.806. The van der Waals surface area contributed by atoms with E-state index in [4.69, 9.17) is 9.47 Å². The average molecular weight is 507 g/mol. The second-order valence-electron chi connectivity index (χ2n) is 9.11. The fourth-order valence-corrected chi connectivity index (χ4v) is 5.51. The molecule has 190 valence electrons. The molecule has 4 rings (SSSR count). The van der Waals surface area contributed by atoms with Gasteiger partial charge in [0.05, 0.1) is 27.2 Å². The van der Waals surface area contributed by atoms with Crippen LogP contribution in [0.2, 0.25) is 0 Å². The van der Waals surface area contributed by atoms with Crippen LogP contribution in [0.15, 0.2) is 66.0 Å². The van der Waals surface area contributed by atoms with Crippen molar-refractivity contribution in [2.24, 2.45) is 0 Å². The van der Waals surface area contributed by atoms with Crippen molar-refractivity contribution < 1.29 is 19.1 Å². The van der Waals surface area contributed by atoms with Gasteiger partial charge in [0.15, 0.2) is 0 Å². The van der Waals surface area contributed by atoms with E-state index < -0.39 is 6.04 Å². The van der Waals surface area contributed by atoms with Crippen LogP contribution in [-0.4, -0.2) is 37.0 Å². The Kier molecular flexibility index (Phi) is 9.01. The Balaban J connectivity index is 1.74. The monoisotopic (exact) mass is 506 g/mol. The third kappa shape index (κ3) is 6.46. The zero-order valence-corrected chi connectivity index (χ0v) is 21.8. The zero-order valence-electron chi connectivity index (χ0n) is 20.9. The molecule has 2 aromatic carbocycles. The predicted octanol–water partition coefficient (Wildman–Crippen LogP) is 5.53. The molecule has 7 heteroatoms. The number of para-hydroxylation sites is 1. The number of thiophene rings is 1. The van der Waals surface area contributed by atoms with E-state index in [9.17, 15) is 9.59 Å². The fraction of sp³-hybridized carbons (Fsp3) is 0.379. The highest BCUT2D eigenvalue weighted by Gasteiger charge is 2.34. The summed E-state index contributed by atoms with van der Waals surface area (Å²) in [6, 6.07) is 18.3. The second-order valence-corrected chi connectivity index (χ2v) is 10.1. The van der Waals surface area contributed by atoms with Crippen LogP contribution in [0.3, 0.4) is 0 Å². The molecule has 0 bridgehead atoms. The second kappa shape index (κ2) is 12.6. The Hall–Kier alpha value is -3.32. The molecule has 1 unspecified atom stereocenters. The number of benzene rings is 2. The molecular formula is C29H34N2O4S. The number of rotatable bonds is 10. The van der Waals surface area contributed by atoms with E-state index in [1.807, 2.05) is 66.0 Å². The first-order valence-corrected chi connectivity index (χ1v) is 13.3. The number of hydrogen-bond acceptors (Lipinski definition) is 5. The van der Waals surface area contributed by atoms with Crippen LogP contribution in [0.25, 0.3) is 0 Å². The van der Waals surface area contributed by atoms with Gasteiger partial charge in [-0.1, -0.05) is 55.7 Å². The Morgan fingerprint density at radius 2 is 1.81 bits per heavy atom. The number of ether oxygens (including phenoxy) is 2. The zero-order chi connectivity index (χ0) is 25.3. The normalized spacial score (nSPS) is 14.6. The third-order valence-electron chi connectivity index (χ3n) is 6.68. The van der Waals surface area contributed by atoms with Crippen molar-refractivity contribution >= 4 is 23.2 Å². The number of hydrogen-bond donors (Lipinski definition) is 1. The summed E-state index contributed by atoms with van der Waals surface area (Å²) in [6.07, 6.45) is 5.57. The maximum Gasteiger partial charge on any atom is 0.247 e. The van der Waals surface area contributed by atoms with Gasteiger partial charge < -0.3 is 19.7 Å². The number of methoxy groups -OCH3 is 2. The molecule has 36 heavy (non-hydrogen) atoms. The summed E-state index contributed by atoms with van der Waals surface area (Å²) < 4.78 is 11.0. The van der Waals surface area contributed by atoms with Crippen molar-refractivity contribution in [2.75, 3.05) is 14.2 Å². The maximum atomic E-state index is 13.9. The minimum Gasteiger partial charge on any atom is -0.497 e. The number of nitrogens with zero attached hydrogens (tertiary/aromatic N) is 1. The van der Waals surface area contributed by atoms with Gasteiger partial charge in [0.2, 0.25) is 11.8 Å². The molecule has 2 amide bonds. The van der Waals surface area contributed by atoms with Crippen LogP contribution in [-0.2, 0) is 22.6 Å². The van der Waals surface area contributed by atoms with Crippen molar-refractivity contribution in [3.05, 3.63) is 82.0 Å². The van der Waals surface area contributed by atoms with E-state index in [1.165, 1.54) is 6.42 Å². The molecular weight excluding hydrogens is 472 g/mol. The van der Waals surface area contributed by atoms with Gasteiger partial charge in [-0.15, -0.1) is 11.3 Å². The quantitative estimate of drug-likeness (QED) is 0.393. The predicted molar refractivity (Wildman–Crippen MR) is 142 cm³/mol. The van der Waals surface area contributed by atoms with Gasteiger partial charge in [-0.3, -0.25) is 9.59 Å². The standard InChI is InChI=1S/C29H34N2O4S/c1-34-24-14-8-11-21(18-24)28(29(33)30-23-12-4-3-5-13-23)31(27(32)19-25-15-9-17-36-25)20-22-10-6-7-16-26(22)35-2/h6-11,14-18,23,28H,3-5,12-13,19-20H2,1-2H3,(H,30,33). The van der Waals surface area contributed by atoms with E-state index in [0.717, 1.165) is 41.7 Å². The highest BCUT2D eigenvalue weighted by Crippen LogP contribution is 2.31. The molecule has 0 radical (unpaired) electrons. The minimum absolute atomic E-state index is 0.116. The maximum absolute atomic E-state index is 13.9. The van der Waals surface area contributed by atoms with Crippen molar-refractivity contribution in [3.63, 3.8) is 0 Å². The summed E-state index contributed by atoms with van der Waals surface area (Å²) >= 11 is 1.54. The van der Waals surface area contributed by atoms with Gasteiger partial charge >= 0.3 is 0 Å².